The molecule has 4 N–H and O–H groups in total. The first-order valence-electron chi connectivity index (χ1n) is 4.17. The van der Waals surface area contributed by atoms with Crippen LogP contribution in [0.1, 0.15) is 20.3 Å². The highest BCUT2D eigenvalue weighted by Gasteiger charge is 2.16. The van der Waals surface area contributed by atoms with Crippen LogP contribution in [-0.2, 0) is 14.4 Å². The predicted molar refractivity (Wildman–Crippen MR) is 50.3 cm³/mol. The Hall–Kier alpha value is -1.63. The minimum atomic E-state index is -1.23. The number of aliphatic hydroxyl groups excluding tert-OH is 1. The molecular formula is C8H15NO6. The summed E-state index contributed by atoms with van der Waals surface area (Å²) in [6.45, 7) is 2.10. The van der Waals surface area contributed by atoms with Gasteiger partial charge in [0.05, 0.1) is 6.61 Å². The Bertz CT molecular complexity index is 223. The van der Waals surface area contributed by atoms with E-state index in [2.05, 4.69) is 5.32 Å². The maximum atomic E-state index is 10.6. The molecule has 1 amide bonds. The van der Waals surface area contributed by atoms with Gasteiger partial charge in [-0.2, -0.15) is 0 Å². The number of aliphatic carboxylic acids is 2. The number of aliphatic hydroxyl groups is 1. The van der Waals surface area contributed by atoms with Gasteiger partial charge in [-0.05, 0) is 0 Å². The quantitative estimate of drug-likeness (QED) is 0.485. The third-order valence-corrected chi connectivity index (χ3v) is 1.14. The fraction of sp³-hybridized carbons (Fsp3) is 0.625. The standard InChI is InChI=1S/C6H11NO4.C2H4O2/c1-2-5(9)7-4(3-8)6(10)11;1-2(3)4/h4,8H,2-3H2,1H3,(H,7,9)(H,10,11);1H3,(H,3,4). The van der Waals surface area contributed by atoms with Crippen molar-refractivity contribution in [2.45, 2.75) is 26.3 Å². The number of carboxylic acids is 2. The molecular weight excluding hydrogens is 206 g/mol. The van der Waals surface area contributed by atoms with Crippen LogP contribution >= 0.6 is 0 Å². The molecule has 0 aromatic rings. The molecule has 1 atom stereocenters. The van der Waals surface area contributed by atoms with Gasteiger partial charge in [0.2, 0.25) is 5.91 Å². The molecule has 0 fully saturated rings. The van der Waals surface area contributed by atoms with E-state index in [-0.39, 0.29) is 12.3 Å². The summed E-state index contributed by atoms with van der Waals surface area (Å²) in [4.78, 5) is 29.8. The highest BCUT2D eigenvalue weighted by molar-refractivity contribution is 5.83. The average molecular weight is 221 g/mol. The third-order valence-electron chi connectivity index (χ3n) is 1.14. The second kappa shape index (κ2) is 8.95. The lowest BCUT2D eigenvalue weighted by Crippen LogP contribution is -2.42. The molecule has 0 rings (SSSR count). The number of carbonyl (C=O) groups excluding carboxylic acids is 1. The van der Waals surface area contributed by atoms with Crippen molar-refractivity contribution in [1.82, 2.24) is 5.32 Å². The van der Waals surface area contributed by atoms with Crippen LogP contribution in [0.4, 0.5) is 0 Å². The highest BCUT2D eigenvalue weighted by Crippen LogP contribution is 1.84. The van der Waals surface area contributed by atoms with Crippen LogP contribution < -0.4 is 5.32 Å². The molecule has 15 heavy (non-hydrogen) atoms. The lowest BCUT2D eigenvalue weighted by molar-refractivity contribution is -0.142. The van der Waals surface area contributed by atoms with Gasteiger partial charge in [0, 0.05) is 13.3 Å². The van der Waals surface area contributed by atoms with Gasteiger partial charge in [-0.25, -0.2) is 4.79 Å². The Labute approximate surface area is 86.7 Å². The summed E-state index contributed by atoms with van der Waals surface area (Å²) in [7, 11) is 0. The fourth-order valence-electron chi connectivity index (χ4n) is 0.482. The topological polar surface area (TPSA) is 124 Å². The summed E-state index contributed by atoms with van der Waals surface area (Å²) >= 11 is 0. The number of hydrogen-bond acceptors (Lipinski definition) is 4. The van der Waals surface area contributed by atoms with Crippen molar-refractivity contribution < 1.29 is 29.7 Å². The Morgan fingerprint density at radius 1 is 1.27 bits per heavy atom. The first kappa shape index (κ1) is 15.8. The Morgan fingerprint density at radius 3 is 1.87 bits per heavy atom. The van der Waals surface area contributed by atoms with Gasteiger partial charge in [0.15, 0.2) is 0 Å². The number of carbonyl (C=O) groups is 3. The van der Waals surface area contributed by atoms with Crippen molar-refractivity contribution in [3.63, 3.8) is 0 Å². The summed E-state index contributed by atoms with van der Waals surface area (Å²) in [5, 5.41) is 26.3. The molecule has 7 heteroatoms. The fourth-order valence-corrected chi connectivity index (χ4v) is 0.482. The van der Waals surface area contributed by atoms with Crippen molar-refractivity contribution in [2.24, 2.45) is 0 Å². The minimum absolute atomic E-state index is 0.212. The van der Waals surface area contributed by atoms with Gasteiger partial charge in [-0.1, -0.05) is 6.92 Å². The van der Waals surface area contributed by atoms with E-state index in [1.54, 1.807) is 6.92 Å². The Kier molecular flexibility index (Phi) is 9.44. The number of rotatable bonds is 4. The largest absolute Gasteiger partial charge is 0.481 e. The van der Waals surface area contributed by atoms with E-state index in [0.29, 0.717) is 0 Å². The van der Waals surface area contributed by atoms with Crippen LogP contribution in [0.2, 0.25) is 0 Å². The lowest BCUT2D eigenvalue weighted by atomic mass is 10.3. The molecule has 0 aliphatic carbocycles. The van der Waals surface area contributed by atoms with Crippen LogP contribution in [0.3, 0.4) is 0 Å². The highest BCUT2D eigenvalue weighted by atomic mass is 16.4. The summed E-state index contributed by atoms with van der Waals surface area (Å²) < 4.78 is 0. The van der Waals surface area contributed by atoms with Crippen LogP contribution in [0.5, 0.6) is 0 Å². The van der Waals surface area contributed by atoms with Gasteiger partial charge < -0.3 is 20.6 Å². The molecule has 0 aromatic carbocycles. The van der Waals surface area contributed by atoms with Crippen LogP contribution in [0.25, 0.3) is 0 Å². The van der Waals surface area contributed by atoms with E-state index in [0.717, 1.165) is 6.92 Å². The second-order valence-electron chi connectivity index (χ2n) is 2.51. The number of amides is 1. The third kappa shape index (κ3) is 12.4. The van der Waals surface area contributed by atoms with Crippen LogP contribution in [-0.4, -0.2) is 45.8 Å². The first-order chi connectivity index (χ1) is 6.84. The van der Waals surface area contributed by atoms with Crippen molar-refractivity contribution in [2.75, 3.05) is 6.61 Å². The normalized spacial score (nSPS) is 10.6. The molecule has 88 valence electrons. The van der Waals surface area contributed by atoms with Crippen LogP contribution in [0.15, 0.2) is 0 Å². The van der Waals surface area contributed by atoms with Gasteiger partial charge in [-0.15, -0.1) is 0 Å². The maximum Gasteiger partial charge on any atom is 0.328 e. The molecule has 7 nitrogen and oxygen atoms in total. The predicted octanol–water partition coefficient (Wildman–Crippen LogP) is -0.951. The first-order valence-corrected chi connectivity index (χ1v) is 4.17. The summed E-state index contributed by atoms with van der Waals surface area (Å²) in [6, 6.07) is -1.18. The van der Waals surface area contributed by atoms with Gasteiger partial charge in [-0.3, -0.25) is 9.59 Å². The van der Waals surface area contributed by atoms with Crippen molar-refractivity contribution >= 4 is 17.8 Å². The van der Waals surface area contributed by atoms with E-state index in [1.807, 2.05) is 0 Å². The van der Waals surface area contributed by atoms with E-state index in [4.69, 9.17) is 20.1 Å². The monoisotopic (exact) mass is 221 g/mol. The van der Waals surface area contributed by atoms with Gasteiger partial charge >= 0.3 is 5.97 Å². The van der Waals surface area contributed by atoms with Gasteiger partial charge in [0.25, 0.3) is 5.97 Å². The molecule has 0 spiro atoms. The van der Waals surface area contributed by atoms with E-state index >= 15 is 0 Å². The van der Waals surface area contributed by atoms with E-state index in [9.17, 15) is 9.59 Å². The minimum Gasteiger partial charge on any atom is -0.481 e. The van der Waals surface area contributed by atoms with E-state index < -0.39 is 24.6 Å². The number of nitrogens with one attached hydrogen (secondary N) is 1. The molecule has 0 bridgehead atoms. The molecule has 0 aliphatic heterocycles. The van der Waals surface area contributed by atoms with Crippen molar-refractivity contribution in [1.29, 1.82) is 0 Å². The Balaban J connectivity index is 0. The number of carboxylic acid groups (broad SMARTS) is 2. The molecule has 1 unspecified atom stereocenters. The molecule has 0 aromatic heterocycles. The zero-order valence-corrected chi connectivity index (χ0v) is 8.56. The van der Waals surface area contributed by atoms with Crippen molar-refractivity contribution in [3.8, 4) is 0 Å². The molecule has 0 saturated carbocycles. The zero-order valence-electron chi connectivity index (χ0n) is 8.56. The second-order valence-corrected chi connectivity index (χ2v) is 2.51. The maximum absolute atomic E-state index is 10.6. The molecule has 0 aliphatic rings. The van der Waals surface area contributed by atoms with Crippen LogP contribution in [0, 0.1) is 0 Å². The smallest absolute Gasteiger partial charge is 0.328 e. The molecule has 0 heterocycles. The number of hydrogen-bond donors (Lipinski definition) is 4. The lowest BCUT2D eigenvalue weighted by Gasteiger charge is -2.09. The summed E-state index contributed by atoms with van der Waals surface area (Å²) in [6.07, 6.45) is 0.212. The SMILES string of the molecule is CC(=O)O.CCC(=O)NC(CO)C(=O)O. The summed E-state index contributed by atoms with van der Waals surface area (Å²) in [5.74, 6) is -2.44. The average Bonchev–Trinajstić information content (AvgIpc) is 2.12. The van der Waals surface area contributed by atoms with Gasteiger partial charge in [0.1, 0.15) is 6.04 Å². The Morgan fingerprint density at radius 2 is 1.67 bits per heavy atom. The van der Waals surface area contributed by atoms with Crippen molar-refractivity contribution in [3.05, 3.63) is 0 Å². The molecule has 0 radical (unpaired) electrons. The van der Waals surface area contributed by atoms with E-state index in [1.165, 1.54) is 0 Å². The summed E-state index contributed by atoms with van der Waals surface area (Å²) in [5.41, 5.74) is 0. The zero-order chi connectivity index (χ0) is 12.4. The molecule has 0 saturated heterocycles.